The molecule has 4 rings (SSSR count). The van der Waals surface area contributed by atoms with Gasteiger partial charge in [0, 0.05) is 35.8 Å². The summed E-state index contributed by atoms with van der Waals surface area (Å²) < 4.78 is 0. The lowest BCUT2D eigenvalue weighted by molar-refractivity contribution is 0.0712. The largest absolute Gasteiger partial charge is 0.495 e. The van der Waals surface area contributed by atoms with Gasteiger partial charge in [-0.25, -0.2) is 0 Å². The summed E-state index contributed by atoms with van der Waals surface area (Å²) in [6.45, 7) is 2.33. The Labute approximate surface area is 182 Å². The minimum Gasteiger partial charge on any atom is -0.423 e. The fourth-order valence-electron chi connectivity index (χ4n) is 4.34. The third kappa shape index (κ3) is 4.49. The van der Waals surface area contributed by atoms with Crippen LogP contribution < -0.4 is 5.32 Å². The van der Waals surface area contributed by atoms with Gasteiger partial charge in [-0.1, -0.05) is 36.4 Å². The van der Waals surface area contributed by atoms with E-state index in [1.165, 1.54) is 22.9 Å². The molecule has 2 aliphatic heterocycles. The minimum atomic E-state index is -1.50. The molecule has 0 aromatic heterocycles. The predicted octanol–water partition coefficient (Wildman–Crippen LogP) is 3.03. The summed E-state index contributed by atoms with van der Waals surface area (Å²) in [4.78, 5) is 15.7. The number of amides is 1. The van der Waals surface area contributed by atoms with Gasteiger partial charge in [-0.3, -0.25) is 4.79 Å². The number of hydrogen-bond donors (Lipinski definition) is 3. The van der Waals surface area contributed by atoms with Crippen LogP contribution in [0.3, 0.4) is 0 Å². The summed E-state index contributed by atoms with van der Waals surface area (Å²) in [5.74, 6) is 1.15. The lowest BCUT2D eigenvalue weighted by Gasteiger charge is -2.33. The van der Waals surface area contributed by atoms with Crippen LogP contribution in [0.5, 0.6) is 0 Å². The molecule has 0 radical (unpaired) electrons. The first-order chi connectivity index (χ1) is 14.6. The lowest BCUT2D eigenvalue weighted by atomic mass is 9.86. The Morgan fingerprint density at radius 3 is 2.70 bits per heavy atom. The van der Waals surface area contributed by atoms with Crippen molar-refractivity contribution in [3.8, 4) is 0 Å². The number of thioether (sulfide) groups is 1. The molecule has 156 valence electrons. The topological polar surface area (TPSA) is 72.8 Å². The fourth-order valence-corrected chi connectivity index (χ4v) is 5.26. The van der Waals surface area contributed by atoms with Crippen molar-refractivity contribution in [2.75, 3.05) is 20.1 Å². The summed E-state index contributed by atoms with van der Waals surface area (Å²) >= 11 is 1.40. The van der Waals surface area contributed by atoms with Crippen molar-refractivity contribution >= 4 is 30.9 Å². The number of carbonyl (C=O) groups excluding carboxylic acids is 1. The van der Waals surface area contributed by atoms with E-state index in [2.05, 4.69) is 29.6 Å². The number of benzene rings is 2. The third-order valence-corrected chi connectivity index (χ3v) is 7.07. The third-order valence-electron chi connectivity index (χ3n) is 5.95. The van der Waals surface area contributed by atoms with Gasteiger partial charge in [-0.2, -0.15) is 0 Å². The molecule has 0 bridgehead atoms. The minimum absolute atomic E-state index is 0.0316. The second-order valence-corrected chi connectivity index (χ2v) is 8.98. The average Bonchev–Trinajstić information content (AvgIpc) is 2.78. The summed E-state index contributed by atoms with van der Waals surface area (Å²) in [6.07, 6.45) is 3.66. The number of nitrogens with one attached hydrogen (secondary N) is 1. The highest BCUT2D eigenvalue weighted by molar-refractivity contribution is 8.04. The lowest BCUT2D eigenvalue weighted by Crippen LogP contribution is -2.38. The predicted molar refractivity (Wildman–Crippen MR) is 123 cm³/mol. The Morgan fingerprint density at radius 2 is 1.97 bits per heavy atom. The maximum Gasteiger partial charge on any atom is 0.495 e. The molecular weight excluding hydrogens is 395 g/mol. The molecule has 0 unspecified atom stereocenters. The number of nitrogens with zero attached hydrogens (tertiary/aromatic N) is 1. The average molecular weight is 422 g/mol. The molecule has 0 atom stereocenters. The van der Waals surface area contributed by atoms with E-state index in [4.69, 9.17) is 0 Å². The van der Waals surface area contributed by atoms with Crippen molar-refractivity contribution in [1.82, 2.24) is 10.2 Å². The van der Waals surface area contributed by atoms with Crippen LogP contribution in [0.2, 0.25) is 0 Å². The summed E-state index contributed by atoms with van der Waals surface area (Å²) in [6, 6.07) is 14.5. The molecule has 5 nitrogen and oxygen atoms in total. The molecule has 1 saturated heterocycles. The zero-order valence-corrected chi connectivity index (χ0v) is 18.0. The Morgan fingerprint density at radius 1 is 1.20 bits per heavy atom. The van der Waals surface area contributed by atoms with Gasteiger partial charge in [0.2, 0.25) is 0 Å². The van der Waals surface area contributed by atoms with Gasteiger partial charge in [0.05, 0.1) is 0 Å². The Bertz CT molecular complexity index is 955. The van der Waals surface area contributed by atoms with Crippen LogP contribution in [0.4, 0.5) is 0 Å². The number of fused-ring (bicyclic) bond motifs is 1. The van der Waals surface area contributed by atoms with E-state index < -0.39 is 7.12 Å². The Kier molecular flexibility index (Phi) is 6.63. The van der Waals surface area contributed by atoms with Crippen LogP contribution in [0.25, 0.3) is 6.08 Å². The smallest absolute Gasteiger partial charge is 0.423 e. The van der Waals surface area contributed by atoms with Gasteiger partial charge >= 0.3 is 7.12 Å². The maximum atomic E-state index is 13.3. The standard InChI is InChI=1S/C23H27BN2O3S/c1-25-14-16-4-2-5-18(12-16)17-8-10-26(11-9-17)23(27)20-7-3-6-19-15-30-22(24(28)29)13-21(19)20/h2-7,12-13,17,25,28-29H,8-11,14-15H2,1H3. The van der Waals surface area contributed by atoms with Crippen LogP contribution in [0.15, 0.2) is 47.3 Å². The van der Waals surface area contributed by atoms with Gasteiger partial charge in [0.1, 0.15) is 0 Å². The highest BCUT2D eigenvalue weighted by Gasteiger charge is 2.28. The number of piperidine rings is 1. The quantitative estimate of drug-likeness (QED) is 0.647. The summed E-state index contributed by atoms with van der Waals surface area (Å²) in [7, 11) is 0.456. The zero-order valence-electron chi connectivity index (χ0n) is 17.2. The molecule has 0 saturated carbocycles. The van der Waals surface area contributed by atoms with E-state index in [0.717, 1.165) is 43.6 Å². The van der Waals surface area contributed by atoms with Gasteiger partial charge in [0.15, 0.2) is 0 Å². The van der Waals surface area contributed by atoms with Gasteiger partial charge < -0.3 is 20.3 Å². The molecule has 2 aromatic carbocycles. The highest BCUT2D eigenvalue weighted by Crippen LogP contribution is 2.35. The fraction of sp³-hybridized carbons (Fsp3) is 0.348. The SMILES string of the molecule is CNCc1cccc(C2CCN(C(=O)c3cccc4c3C=C(B(O)O)SC4)CC2)c1. The van der Waals surface area contributed by atoms with Crippen LogP contribution in [0.1, 0.15) is 51.4 Å². The van der Waals surface area contributed by atoms with Crippen LogP contribution >= 0.6 is 11.8 Å². The Balaban J connectivity index is 1.48. The summed E-state index contributed by atoms with van der Waals surface area (Å²) in [5.41, 5.74) is 5.18. The molecule has 7 heteroatoms. The van der Waals surface area contributed by atoms with Gasteiger partial charge in [-0.15, -0.1) is 11.8 Å². The molecule has 2 aromatic rings. The number of hydrogen-bond acceptors (Lipinski definition) is 5. The van der Waals surface area contributed by atoms with Gasteiger partial charge in [0.25, 0.3) is 5.91 Å². The van der Waals surface area contributed by atoms with Crippen molar-refractivity contribution in [2.24, 2.45) is 0 Å². The van der Waals surface area contributed by atoms with E-state index in [1.54, 1.807) is 6.08 Å². The normalized spacial score (nSPS) is 16.8. The van der Waals surface area contributed by atoms with E-state index in [1.807, 2.05) is 30.1 Å². The molecule has 0 spiro atoms. The van der Waals surface area contributed by atoms with Crippen molar-refractivity contribution in [2.45, 2.75) is 31.1 Å². The molecule has 2 aliphatic rings. The molecule has 3 N–H and O–H groups in total. The van der Waals surface area contributed by atoms with Crippen LogP contribution in [0, 0.1) is 0 Å². The van der Waals surface area contributed by atoms with Crippen molar-refractivity contribution in [3.63, 3.8) is 0 Å². The van der Waals surface area contributed by atoms with Crippen molar-refractivity contribution in [3.05, 3.63) is 75.1 Å². The monoisotopic (exact) mass is 422 g/mol. The first-order valence-corrected chi connectivity index (χ1v) is 11.4. The second kappa shape index (κ2) is 9.39. The molecule has 1 amide bonds. The van der Waals surface area contributed by atoms with E-state index in [9.17, 15) is 14.8 Å². The first-order valence-electron chi connectivity index (χ1n) is 10.4. The molecular formula is C23H27BN2O3S. The van der Waals surface area contributed by atoms with E-state index in [-0.39, 0.29) is 5.91 Å². The molecule has 1 fully saturated rings. The van der Waals surface area contributed by atoms with Crippen molar-refractivity contribution in [1.29, 1.82) is 0 Å². The van der Waals surface area contributed by atoms with Crippen LogP contribution in [-0.2, 0) is 12.3 Å². The van der Waals surface area contributed by atoms with Gasteiger partial charge in [-0.05, 0) is 60.2 Å². The Hall–Kier alpha value is -2.06. The first kappa shape index (κ1) is 21.2. The second-order valence-electron chi connectivity index (χ2n) is 7.93. The van der Waals surface area contributed by atoms with Crippen LogP contribution in [-0.4, -0.2) is 48.1 Å². The maximum absolute atomic E-state index is 13.3. The summed E-state index contributed by atoms with van der Waals surface area (Å²) in [5, 5.41) is 22.3. The number of carbonyl (C=O) groups is 1. The molecule has 30 heavy (non-hydrogen) atoms. The molecule has 2 heterocycles. The van der Waals surface area contributed by atoms with Crippen molar-refractivity contribution < 1.29 is 14.8 Å². The van der Waals surface area contributed by atoms with E-state index >= 15 is 0 Å². The zero-order chi connectivity index (χ0) is 21.1. The number of likely N-dealkylation sites (tertiary alicyclic amines) is 1. The van der Waals surface area contributed by atoms with E-state index in [0.29, 0.717) is 22.0 Å². The highest BCUT2D eigenvalue weighted by atomic mass is 32.2. The number of rotatable bonds is 5. The molecule has 0 aliphatic carbocycles.